The van der Waals surface area contributed by atoms with E-state index in [-0.39, 0.29) is 12.2 Å². The van der Waals surface area contributed by atoms with Crippen molar-refractivity contribution in [1.82, 2.24) is 5.43 Å². The number of carbonyl (C=O) groups excluding carboxylic acids is 2. The second kappa shape index (κ2) is 10.3. The Morgan fingerprint density at radius 3 is 2.46 bits per heavy atom. The van der Waals surface area contributed by atoms with E-state index in [4.69, 9.17) is 32.7 Å². The molecule has 1 aliphatic heterocycles. The lowest BCUT2D eigenvalue weighted by molar-refractivity contribution is -0.117. The van der Waals surface area contributed by atoms with Crippen molar-refractivity contribution < 1.29 is 19.1 Å². The van der Waals surface area contributed by atoms with Gasteiger partial charge < -0.3 is 9.47 Å². The lowest BCUT2D eigenvalue weighted by atomic mass is 10.1. The number of anilines is 1. The number of benzene rings is 3. The van der Waals surface area contributed by atoms with Gasteiger partial charge >= 0.3 is 0 Å². The molecular formula is C26H21BrCl2N2O4. The summed E-state index contributed by atoms with van der Waals surface area (Å²) < 4.78 is 12.0. The van der Waals surface area contributed by atoms with E-state index in [0.717, 1.165) is 16.7 Å². The molecule has 3 aromatic carbocycles. The summed E-state index contributed by atoms with van der Waals surface area (Å²) in [5, 5.41) is 2.29. The summed E-state index contributed by atoms with van der Waals surface area (Å²) in [4.78, 5) is 25.7. The zero-order chi connectivity index (χ0) is 25.3. The predicted octanol–water partition coefficient (Wildman–Crippen LogP) is 6.42. The summed E-state index contributed by atoms with van der Waals surface area (Å²) in [5.74, 6) is -0.0351. The van der Waals surface area contributed by atoms with Gasteiger partial charge in [0.1, 0.15) is 12.2 Å². The van der Waals surface area contributed by atoms with Gasteiger partial charge in [-0.1, -0.05) is 51.3 Å². The maximum absolute atomic E-state index is 13.0. The molecule has 1 N–H and O–H groups in total. The summed E-state index contributed by atoms with van der Waals surface area (Å²) in [6, 6.07) is 14.1. The van der Waals surface area contributed by atoms with Gasteiger partial charge in [0.05, 0.1) is 12.8 Å². The Kier molecular flexibility index (Phi) is 7.40. The van der Waals surface area contributed by atoms with E-state index in [2.05, 4.69) is 21.4 Å². The fourth-order valence-electron chi connectivity index (χ4n) is 3.49. The van der Waals surface area contributed by atoms with E-state index in [1.165, 1.54) is 18.2 Å². The van der Waals surface area contributed by atoms with Crippen molar-refractivity contribution in [3.05, 3.63) is 90.9 Å². The molecule has 9 heteroatoms. The van der Waals surface area contributed by atoms with Gasteiger partial charge in [0, 0.05) is 20.1 Å². The maximum atomic E-state index is 13.0. The average Bonchev–Trinajstić information content (AvgIpc) is 3.10. The van der Waals surface area contributed by atoms with Crippen molar-refractivity contribution in [2.45, 2.75) is 20.5 Å². The van der Waals surface area contributed by atoms with Crippen LogP contribution in [0.25, 0.3) is 6.08 Å². The highest BCUT2D eigenvalue weighted by Gasteiger charge is 2.34. The van der Waals surface area contributed by atoms with E-state index in [9.17, 15) is 9.59 Å². The minimum atomic E-state index is -0.489. The molecule has 0 unspecified atom stereocenters. The topological polar surface area (TPSA) is 67.9 Å². The van der Waals surface area contributed by atoms with Crippen LogP contribution in [0.15, 0.2) is 58.6 Å². The summed E-state index contributed by atoms with van der Waals surface area (Å²) in [6.45, 7) is 4.13. The van der Waals surface area contributed by atoms with Gasteiger partial charge in [-0.15, -0.1) is 0 Å². The molecule has 0 radical (unpaired) electrons. The van der Waals surface area contributed by atoms with E-state index < -0.39 is 11.8 Å². The lowest BCUT2D eigenvalue weighted by Gasteiger charge is -2.16. The SMILES string of the molecule is COc1cc(C=C2C(=O)NN(c3ccc(C)c(C)c3)C2=O)c(Br)cc1OCc1ccc(Cl)cc1Cl. The normalized spacial score (nSPS) is 14.5. The molecule has 0 atom stereocenters. The van der Waals surface area contributed by atoms with Crippen LogP contribution in [0.1, 0.15) is 22.3 Å². The van der Waals surface area contributed by atoms with Gasteiger partial charge in [0.15, 0.2) is 11.5 Å². The number of hydrogen-bond donors (Lipinski definition) is 1. The molecule has 1 aliphatic rings. The molecule has 35 heavy (non-hydrogen) atoms. The fourth-order valence-corrected chi connectivity index (χ4v) is 4.39. The van der Waals surface area contributed by atoms with Crippen LogP contribution in [0.4, 0.5) is 5.69 Å². The number of methoxy groups -OCH3 is 1. The van der Waals surface area contributed by atoms with Crippen LogP contribution >= 0.6 is 39.1 Å². The van der Waals surface area contributed by atoms with E-state index >= 15 is 0 Å². The zero-order valence-corrected chi connectivity index (χ0v) is 22.2. The Labute approximate surface area is 221 Å². The Morgan fingerprint density at radius 2 is 1.77 bits per heavy atom. The first kappa shape index (κ1) is 25.1. The van der Waals surface area contributed by atoms with Gasteiger partial charge in [-0.3, -0.25) is 15.0 Å². The van der Waals surface area contributed by atoms with Gasteiger partial charge in [0.25, 0.3) is 11.8 Å². The molecule has 3 aromatic rings. The lowest BCUT2D eigenvalue weighted by Crippen LogP contribution is -2.35. The molecule has 6 nitrogen and oxygen atoms in total. The Morgan fingerprint density at radius 1 is 1.00 bits per heavy atom. The number of ether oxygens (including phenoxy) is 2. The van der Waals surface area contributed by atoms with Gasteiger partial charge in [-0.2, -0.15) is 0 Å². The summed E-state index contributed by atoms with van der Waals surface area (Å²) >= 11 is 15.7. The van der Waals surface area contributed by atoms with Crippen molar-refractivity contribution in [2.24, 2.45) is 0 Å². The Bertz CT molecular complexity index is 1370. The van der Waals surface area contributed by atoms with Crippen LogP contribution in [0.2, 0.25) is 10.0 Å². The average molecular weight is 576 g/mol. The second-order valence-electron chi connectivity index (χ2n) is 7.96. The minimum absolute atomic E-state index is 0.00703. The van der Waals surface area contributed by atoms with E-state index in [1.807, 2.05) is 26.0 Å². The highest BCUT2D eigenvalue weighted by Crippen LogP contribution is 2.36. The highest BCUT2D eigenvalue weighted by atomic mass is 79.9. The standard InChI is InChI=1S/C26H21BrCl2N2O4/c1-14-4-7-19(8-15(14)2)31-26(33)20(25(32)30-31)9-17-10-23(34-3)24(12-21(17)27)35-13-16-5-6-18(28)11-22(16)29/h4-12H,13H2,1-3H3,(H,30,32). The van der Waals surface area contributed by atoms with Crippen LogP contribution in [-0.4, -0.2) is 18.9 Å². The number of halogens is 3. The van der Waals surface area contributed by atoms with Crippen molar-refractivity contribution in [3.63, 3.8) is 0 Å². The number of hydrazine groups is 1. The first-order valence-electron chi connectivity index (χ1n) is 10.6. The summed E-state index contributed by atoms with van der Waals surface area (Å²) in [6.07, 6.45) is 1.52. The predicted molar refractivity (Wildman–Crippen MR) is 141 cm³/mol. The van der Waals surface area contributed by atoms with Crippen molar-refractivity contribution in [3.8, 4) is 11.5 Å². The zero-order valence-electron chi connectivity index (χ0n) is 19.1. The minimum Gasteiger partial charge on any atom is -0.493 e. The third-order valence-corrected chi connectivity index (χ3v) is 6.89. The van der Waals surface area contributed by atoms with E-state index in [1.54, 1.807) is 36.4 Å². The first-order chi connectivity index (χ1) is 16.7. The van der Waals surface area contributed by atoms with Crippen LogP contribution < -0.4 is 19.9 Å². The van der Waals surface area contributed by atoms with Crippen molar-refractivity contribution >= 4 is 62.7 Å². The number of amides is 2. The van der Waals surface area contributed by atoms with Gasteiger partial charge in [-0.25, -0.2) is 5.01 Å². The number of nitrogens with one attached hydrogen (secondary N) is 1. The summed E-state index contributed by atoms with van der Waals surface area (Å²) in [5.41, 5.74) is 6.69. The van der Waals surface area contributed by atoms with Gasteiger partial charge in [-0.05, 0) is 73.0 Å². The molecule has 0 spiro atoms. The van der Waals surface area contributed by atoms with Crippen LogP contribution in [0.3, 0.4) is 0 Å². The molecule has 1 fully saturated rings. The van der Waals surface area contributed by atoms with E-state index in [0.29, 0.717) is 37.3 Å². The number of aryl methyl sites for hydroxylation is 2. The van der Waals surface area contributed by atoms with Crippen LogP contribution in [0.5, 0.6) is 11.5 Å². The maximum Gasteiger partial charge on any atom is 0.282 e. The Balaban J connectivity index is 1.60. The second-order valence-corrected chi connectivity index (χ2v) is 9.66. The molecule has 180 valence electrons. The first-order valence-corrected chi connectivity index (χ1v) is 12.1. The summed E-state index contributed by atoms with van der Waals surface area (Å²) in [7, 11) is 1.51. The fraction of sp³-hybridized carbons (Fsp3) is 0.154. The largest absolute Gasteiger partial charge is 0.493 e. The van der Waals surface area contributed by atoms with Crippen LogP contribution in [-0.2, 0) is 16.2 Å². The molecule has 0 aliphatic carbocycles. The molecule has 0 aromatic heterocycles. The molecule has 1 saturated heterocycles. The number of rotatable bonds is 6. The third kappa shape index (κ3) is 5.32. The highest BCUT2D eigenvalue weighted by molar-refractivity contribution is 9.10. The molecule has 1 heterocycles. The molecular weight excluding hydrogens is 555 g/mol. The number of nitrogens with zero attached hydrogens (tertiary/aromatic N) is 1. The van der Waals surface area contributed by atoms with Gasteiger partial charge in [0.2, 0.25) is 0 Å². The number of carbonyl (C=O) groups is 2. The molecule has 0 saturated carbocycles. The third-order valence-electron chi connectivity index (χ3n) is 5.62. The number of hydrogen-bond acceptors (Lipinski definition) is 4. The molecule has 2 amide bonds. The smallest absolute Gasteiger partial charge is 0.282 e. The van der Waals surface area contributed by atoms with Crippen molar-refractivity contribution in [2.75, 3.05) is 12.1 Å². The Hall–Kier alpha value is -3.00. The van der Waals surface area contributed by atoms with Crippen LogP contribution in [0, 0.1) is 13.8 Å². The molecule has 0 bridgehead atoms. The quantitative estimate of drug-likeness (QED) is 0.272. The monoisotopic (exact) mass is 574 g/mol. The molecule has 4 rings (SSSR count). The van der Waals surface area contributed by atoms with Crippen molar-refractivity contribution in [1.29, 1.82) is 0 Å².